The van der Waals surface area contributed by atoms with E-state index in [2.05, 4.69) is 31.7 Å². The van der Waals surface area contributed by atoms with E-state index in [1.54, 1.807) is 0 Å². The maximum Gasteiger partial charge on any atom is 0.156 e. The van der Waals surface area contributed by atoms with Gasteiger partial charge in [0.05, 0.1) is 28.9 Å². The number of imidazole rings is 1. The van der Waals surface area contributed by atoms with E-state index >= 15 is 0 Å². The first-order chi connectivity index (χ1) is 11.7. The van der Waals surface area contributed by atoms with Crippen molar-refractivity contribution in [1.82, 2.24) is 29.8 Å². The average Bonchev–Trinajstić information content (AvgIpc) is 3.18. The minimum absolute atomic E-state index is 0.738. The van der Waals surface area contributed by atoms with Gasteiger partial charge in [-0.15, -0.1) is 0 Å². The Bertz CT molecular complexity index is 1030. The summed E-state index contributed by atoms with van der Waals surface area (Å²) in [6.07, 6.45) is 1.81. The Balaban J connectivity index is 1.94. The maximum atomic E-state index is 4.70. The summed E-state index contributed by atoms with van der Waals surface area (Å²) in [6, 6.07) is 8.13. The summed E-state index contributed by atoms with van der Waals surface area (Å²) >= 11 is 0. The summed E-state index contributed by atoms with van der Waals surface area (Å²) in [7, 11) is 5.77. The number of rotatable bonds is 4. The quantitative estimate of drug-likeness (QED) is 0.537. The van der Waals surface area contributed by atoms with E-state index in [-0.39, 0.29) is 0 Å². The van der Waals surface area contributed by atoms with Gasteiger partial charge in [-0.25, -0.2) is 15.0 Å². The Morgan fingerprint density at radius 1 is 1.21 bits per heavy atom. The van der Waals surface area contributed by atoms with Crippen LogP contribution in [0.5, 0.6) is 0 Å². The summed E-state index contributed by atoms with van der Waals surface area (Å²) in [6.45, 7) is 0.738. The molecular weight excluding hydrogens is 302 g/mol. The van der Waals surface area contributed by atoms with Gasteiger partial charge in [0.25, 0.3) is 0 Å². The monoisotopic (exact) mass is 321 g/mol. The van der Waals surface area contributed by atoms with Gasteiger partial charge in [0.15, 0.2) is 5.82 Å². The molecule has 0 atom stereocenters. The molecule has 0 radical (unpaired) electrons. The zero-order valence-electron chi connectivity index (χ0n) is 13.9. The van der Waals surface area contributed by atoms with Crippen LogP contribution < -0.4 is 10.6 Å². The molecule has 4 aromatic heterocycles. The Morgan fingerprint density at radius 3 is 2.88 bits per heavy atom. The molecule has 4 rings (SSSR count). The number of nitrogens with zero attached hydrogens (tertiary/aromatic N) is 4. The molecule has 0 saturated heterocycles. The van der Waals surface area contributed by atoms with Gasteiger partial charge in [-0.1, -0.05) is 6.07 Å². The van der Waals surface area contributed by atoms with Gasteiger partial charge in [-0.2, -0.15) is 0 Å². The number of aromatic amines is 1. The number of nitrogens with one attached hydrogen (secondary N) is 3. The third kappa shape index (κ3) is 2.21. The van der Waals surface area contributed by atoms with Crippen LogP contribution in [0.3, 0.4) is 0 Å². The van der Waals surface area contributed by atoms with Crippen molar-refractivity contribution in [2.45, 2.75) is 6.54 Å². The summed E-state index contributed by atoms with van der Waals surface area (Å²) in [5.74, 6) is 0.767. The van der Waals surface area contributed by atoms with Crippen LogP contribution in [0, 0.1) is 0 Å². The topological polar surface area (TPSA) is 83.5 Å². The van der Waals surface area contributed by atoms with Crippen molar-refractivity contribution in [2.75, 3.05) is 19.4 Å². The molecule has 0 aliphatic rings. The second kappa shape index (κ2) is 5.61. The van der Waals surface area contributed by atoms with Gasteiger partial charge in [0.2, 0.25) is 0 Å². The van der Waals surface area contributed by atoms with E-state index in [0.29, 0.717) is 0 Å². The lowest BCUT2D eigenvalue weighted by Gasteiger charge is -2.02. The van der Waals surface area contributed by atoms with E-state index in [9.17, 15) is 0 Å². The second-order valence-electron chi connectivity index (χ2n) is 5.75. The van der Waals surface area contributed by atoms with Crippen LogP contribution in [0.1, 0.15) is 5.69 Å². The molecule has 3 N–H and O–H groups in total. The average molecular weight is 321 g/mol. The SMILES string of the molecule is CNCc1cccc(-c2cc3c(nc(NC)c4ncn(C)c43)[nH]2)n1. The van der Waals surface area contributed by atoms with Crippen LogP contribution in [0.2, 0.25) is 0 Å². The normalized spacial score (nSPS) is 11.5. The number of aryl methyl sites for hydroxylation is 1. The summed E-state index contributed by atoms with van der Waals surface area (Å²) in [5, 5.41) is 7.29. The van der Waals surface area contributed by atoms with Crippen molar-refractivity contribution < 1.29 is 0 Å². The lowest BCUT2D eigenvalue weighted by atomic mass is 10.2. The van der Waals surface area contributed by atoms with Gasteiger partial charge in [0, 0.05) is 26.0 Å². The summed E-state index contributed by atoms with van der Waals surface area (Å²) in [4.78, 5) is 17.2. The molecule has 7 nitrogen and oxygen atoms in total. The number of pyridine rings is 2. The molecule has 0 bridgehead atoms. The van der Waals surface area contributed by atoms with E-state index in [1.807, 2.05) is 50.2 Å². The van der Waals surface area contributed by atoms with Crippen molar-refractivity contribution >= 4 is 27.9 Å². The molecule has 0 aromatic carbocycles. The minimum Gasteiger partial charge on any atom is -0.371 e. The number of fused-ring (bicyclic) bond motifs is 3. The van der Waals surface area contributed by atoms with E-state index in [1.165, 1.54) is 0 Å². The standard InChI is InChI=1S/C17H19N7/c1-18-8-10-5-4-6-12(21-10)13-7-11-15-14(20-9-24(15)3)17(19-2)23-16(11)22-13/h4-7,9,18H,8H2,1-3H3,(H2,19,22,23). The van der Waals surface area contributed by atoms with Crippen molar-refractivity contribution in [1.29, 1.82) is 0 Å². The molecular formula is C17H19N7. The number of H-pyrrole nitrogens is 1. The largest absolute Gasteiger partial charge is 0.371 e. The molecule has 0 spiro atoms. The molecule has 24 heavy (non-hydrogen) atoms. The number of anilines is 1. The number of hydrogen-bond acceptors (Lipinski definition) is 5. The molecule has 0 aliphatic carbocycles. The zero-order chi connectivity index (χ0) is 16.7. The summed E-state index contributed by atoms with van der Waals surface area (Å²) < 4.78 is 2.02. The van der Waals surface area contributed by atoms with Crippen LogP contribution in [0.4, 0.5) is 5.82 Å². The molecule has 4 heterocycles. The van der Waals surface area contributed by atoms with Crippen molar-refractivity contribution in [3.63, 3.8) is 0 Å². The van der Waals surface area contributed by atoms with Crippen molar-refractivity contribution in [3.05, 3.63) is 36.3 Å². The third-order valence-electron chi connectivity index (χ3n) is 4.11. The van der Waals surface area contributed by atoms with Crippen LogP contribution in [-0.4, -0.2) is 38.6 Å². The highest BCUT2D eigenvalue weighted by Crippen LogP contribution is 2.31. The fourth-order valence-corrected chi connectivity index (χ4v) is 3.02. The van der Waals surface area contributed by atoms with Crippen LogP contribution in [0.15, 0.2) is 30.6 Å². The molecule has 122 valence electrons. The molecule has 0 saturated carbocycles. The molecule has 4 aromatic rings. The maximum absolute atomic E-state index is 4.70. The highest BCUT2D eigenvalue weighted by Gasteiger charge is 2.15. The fraction of sp³-hybridized carbons (Fsp3) is 0.235. The van der Waals surface area contributed by atoms with Crippen molar-refractivity contribution in [3.8, 4) is 11.4 Å². The Kier molecular flexibility index (Phi) is 3.42. The molecule has 0 unspecified atom stereocenters. The highest BCUT2D eigenvalue weighted by atomic mass is 15.1. The van der Waals surface area contributed by atoms with E-state index in [0.717, 1.165) is 51.5 Å². The Morgan fingerprint density at radius 2 is 2.08 bits per heavy atom. The Hall–Kier alpha value is -2.93. The van der Waals surface area contributed by atoms with Crippen LogP contribution in [-0.2, 0) is 13.6 Å². The minimum atomic E-state index is 0.738. The predicted molar refractivity (Wildman–Crippen MR) is 95.9 cm³/mol. The first kappa shape index (κ1) is 14.6. The Labute approximate surface area is 139 Å². The van der Waals surface area contributed by atoms with Gasteiger partial charge >= 0.3 is 0 Å². The highest BCUT2D eigenvalue weighted by molar-refractivity contribution is 6.07. The molecule has 7 heteroatoms. The third-order valence-corrected chi connectivity index (χ3v) is 4.11. The lowest BCUT2D eigenvalue weighted by Crippen LogP contribution is -2.06. The lowest BCUT2D eigenvalue weighted by molar-refractivity contribution is 0.792. The van der Waals surface area contributed by atoms with Gasteiger partial charge < -0.3 is 20.2 Å². The van der Waals surface area contributed by atoms with E-state index < -0.39 is 0 Å². The van der Waals surface area contributed by atoms with Crippen molar-refractivity contribution in [2.24, 2.45) is 7.05 Å². The number of hydrogen-bond donors (Lipinski definition) is 3. The zero-order valence-corrected chi connectivity index (χ0v) is 13.9. The molecule has 0 fully saturated rings. The molecule has 0 aliphatic heterocycles. The van der Waals surface area contributed by atoms with Gasteiger partial charge in [-0.05, 0) is 25.2 Å². The fourth-order valence-electron chi connectivity index (χ4n) is 3.02. The first-order valence-corrected chi connectivity index (χ1v) is 7.83. The first-order valence-electron chi connectivity index (χ1n) is 7.83. The van der Waals surface area contributed by atoms with Gasteiger partial charge in [0.1, 0.15) is 11.2 Å². The van der Waals surface area contributed by atoms with Gasteiger partial charge in [-0.3, -0.25) is 0 Å². The van der Waals surface area contributed by atoms with Crippen LogP contribution >= 0.6 is 0 Å². The predicted octanol–water partition coefficient (Wildman–Crippen LogP) is 2.27. The van der Waals surface area contributed by atoms with E-state index in [4.69, 9.17) is 4.98 Å². The number of aromatic nitrogens is 5. The molecule has 0 amide bonds. The second-order valence-corrected chi connectivity index (χ2v) is 5.75. The summed E-state index contributed by atoms with van der Waals surface area (Å²) in [5.41, 5.74) is 5.61. The smallest absolute Gasteiger partial charge is 0.156 e. The van der Waals surface area contributed by atoms with Crippen LogP contribution in [0.25, 0.3) is 33.5 Å².